The molecule has 1 rings (SSSR count). The van der Waals surface area contributed by atoms with Gasteiger partial charge in [0.15, 0.2) is 0 Å². The van der Waals surface area contributed by atoms with Crippen LogP contribution in [0.4, 0.5) is 0 Å². The molecule has 2 N–H and O–H groups in total. The van der Waals surface area contributed by atoms with E-state index < -0.39 is 0 Å². The summed E-state index contributed by atoms with van der Waals surface area (Å²) in [6.45, 7) is 6.69. The van der Waals surface area contributed by atoms with Crippen molar-refractivity contribution in [2.45, 2.75) is 26.8 Å². The Bertz CT molecular complexity index is 281. The van der Waals surface area contributed by atoms with Crippen LogP contribution in [0.25, 0.3) is 0 Å². The second-order valence-electron chi connectivity index (χ2n) is 3.26. The Morgan fingerprint density at radius 3 is 2.69 bits per heavy atom. The zero-order valence-electron chi connectivity index (χ0n) is 8.50. The van der Waals surface area contributed by atoms with Crippen molar-refractivity contribution in [2.24, 2.45) is 5.73 Å². The molecule has 0 bridgehead atoms. The molecule has 0 amide bonds. The molecule has 0 radical (unpaired) electrons. The summed E-state index contributed by atoms with van der Waals surface area (Å²) in [5, 5.41) is 0. The molecular formula is C11H17NO. The predicted octanol–water partition coefficient (Wildman–Crippen LogP) is 2.41. The lowest BCUT2D eigenvalue weighted by Crippen LogP contribution is -2.08. The molecule has 0 unspecified atom stereocenters. The van der Waals surface area contributed by atoms with Crippen molar-refractivity contribution in [1.29, 1.82) is 0 Å². The Balaban J connectivity index is 3.03. The van der Waals surface area contributed by atoms with Crippen LogP contribution in [-0.2, 0) is 0 Å². The fraction of sp³-hybridized carbons (Fsp3) is 0.455. The third-order valence-electron chi connectivity index (χ3n) is 1.96. The Morgan fingerprint density at radius 1 is 1.46 bits per heavy atom. The molecule has 2 nitrogen and oxygen atoms in total. The van der Waals surface area contributed by atoms with Gasteiger partial charge in [-0.05, 0) is 26.8 Å². The van der Waals surface area contributed by atoms with Gasteiger partial charge in [0.2, 0.25) is 0 Å². The molecule has 13 heavy (non-hydrogen) atoms. The summed E-state index contributed by atoms with van der Waals surface area (Å²) in [7, 11) is 0. The molecule has 1 aromatic rings. The Labute approximate surface area is 79.7 Å². The first-order chi connectivity index (χ1) is 6.15. The zero-order valence-corrected chi connectivity index (χ0v) is 8.50. The Kier molecular flexibility index (Phi) is 3.32. The van der Waals surface area contributed by atoms with Crippen molar-refractivity contribution in [3.63, 3.8) is 0 Å². The highest BCUT2D eigenvalue weighted by molar-refractivity contribution is 5.38. The van der Waals surface area contributed by atoms with E-state index in [-0.39, 0.29) is 6.04 Å². The minimum absolute atomic E-state index is 0.0291. The summed E-state index contributed by atoms with van der Waals surface area (Å²) >= 11 is 0. The summed E-state index contributed by atoms with van der Waals surface area (Å²) in [6, 6.07) is 6.13. The van der Waals surface area contributed by atoms with Gasteiger partial charge in [-0.25, -0.2) is 0 Å². The van der Waals surface area contributed by atoms with Crippen LogP contribution in [-0.4, -0.2) is 6.61 Å². The second kappa shape index (κ2) is 4.28. The van der Waals surface area contributed by atoms with Gasteiger partial charge in [-0.15, -0.1) is 0 Å². The maximum absolute atomic E-state index is 5.83. The number of benzene rings is 1. The van der Waals surface area contributed by atoms with Crippen molar-refractivity contribution in [2.75, 3.05) is 6.61 Å². The second-order valence-corrected chi connectivity index (χ2v) is 3.26. The molecule has 0 saturated heterocycles. The lowest BCUT2D eigenvalue weighted by atomic mass is 10.1. The molecule has 72 valence electrons. The fourth-order valence-corrected chi connectivity index (χ4v) is 1.31. The van der Waals surface area contributed by atoms with Crippen molar-refractivity contribution >= 4 is 0 Å². The number of aryl methyl sites for hydroxylation is 1. The predicted molar refractivity (Wildman–Crippen MR) is 55.0 cm³/mol. The molecule has 0 spiro atoms. The molecule has 0 aliphatic carbocycles. The summed E-state index contributed by atoms with van der Waals surface area (Å²) in [6.07, 6.45) is 0. The van der Waals surface area contributed by atoms with Gasteiger partial charge in [0.05, 0.1) is 6.61 Å². The molecule has 2 heteroatoms. The van der Waals surface area contributed by atoms with E-state index in [1.807, 2.05) is 26.0 Å². The molecule has 0 aromatic heterocycles. The summed E-state index contributed by atoms with van der Waals surface area (Å²) < 4.78 is 5.47. The molecular weight excluding hydrogens is 162 g/mol. The van der Waals surface area contributed by atoms with Crippen molar-refractivity contribution in [3.05, 3.63) is 29.3 Å². The molecule has 1 atom stereocenters. The van der Waals surface area contributed by atoms with Gasteiger partial charge in [0.25, 0.3) is 0 Å². The van der Waals surface area contributed by atoms with Gasteiger partial charge in [-0.2, -0.15) is 0 Å². The molecule has 0 fully saturated rings. The van der Waals surface area contributed by atoms with Gasteiger partial charge < -0.3 is 10.5 Å². The van der Waals surface area contributed by atoms with Crippen molar-refractivity contribution < 1.29 is 4.74 Å². The average molecular weight is 179 g/mol. The van der Waals surface area contributed by atoms with Crippen LogP contribution in [0.3, 0.4) is 0 Å². The monoisotopic (exact) mass is 179 g/mol. The van der Waals surface area contributed by atoms with Crippen LogP contribution in [0.15, 0.2) is 18.2 Å². The molecule has 0 aliphatic rings. The maximum Gasteiger partial charge on any atom is 0.124 e. The van der Waals surface area contributed by atoms with Gasteiger partial charge in [0, 0.05) is 11.6 Å². The first-order valence-corrected chi connectivity index (χ1v) is 4.64. The fourth-order valence-electron chi connectivity index (χ4n) is 1.31. The quantitative estimate of drug-likeness (QED) is 0.773. The summed E-state index contributed by atoms with van der Waals surface area (Å²) in [4.78, 5) is 0. The summed E-state index contributed by atoms with van der Waals surface area (Å²) in [5.41, 5.74) is 8.14. The number of nitrogens with two attached hydrogens (primary N) is 1. The SMILES string of the molecule is CCOc1ccc(C)cc1[C@H](C)N. The molecule has 1 aromatic carbocycles. The minimum Gasteiger partial charge on any atom is -0.494 e. The van der Waals surface area contributed by atoms with E-state index in [9.17, 15) is 0 Å². The van der Waals surface area contributed by atoms with E-state index in [4.69, 9.17) is 10.5 Å². The average Bonchev–Trinajstić information content (AvgIpc) is 2.08. The van der Waals surface area contributed by atoms with Crippen molar-refractivity contribution in [1.82, 2.24) is 0 Å². The van der Waals surface area contributed by atoms with E-state index in [2.05, 4.69) is 13.0 Å². The van der Waals surface area contributed by atoms with Gasteiger partial charge in [0.1, 0.15) is 5.75 Å². The number of rotatable bonds is 3. The minimum atomic E-state index is 0.0291. The van der Waals surface area contributed by atoms with Gasteiger partial charge in [-0.1, -0.05) is 17.7 Å². The number of ether oxygens (including phenoxy) is 1. The maximum atomic E-state index is 5.83. The lowest BCUT2D eigenvalue weighted by molar-refractivity contribution is 0.334. The lowest BCUT2D eigenvalue weighted by Gasteiger charge is -2.13. The van der Waals surface area contributed by atoms with E-state index in [1.165, 1.54) is 5.56 Å². The van der Waals surface area contributed by atoms with Gasteiger partial charge >= 0.3 is 0 Å². The third-order valence-corrected chi connectivity index (χ3v) is 1.96. The third kappa shape index (κ3) is 2.46. The van der Waals surface area contributed by atoms with Crippen LogP contribution < -0.4 is 10.5 Å². The van der Waals surface area contributed by atoms with Crippen LogP contribution in [0, 0.1) is 6.92 Å². The first kappa shape index (κ1) is 10.1. The van der Waals surface area contributed by atoms with E-state index in [0.29, 0.717) is 6.61 Å². The Hall–Kier alpha value is -1.02. The number of hydrogen-bond donors (Lipinski definition) is 1. The highest BCUT2D eigenvalue weighted by atomic mass is 16.5. The van der Waals surface area contributed by atoms with E-state index in [1.54, 1.807) is 0 Å². The molecule has 0 saturated carbocycles. The smallest absolute Gasteiger partial charge is 0.124 e. The van der Waals surface area contributed by atoms with E-state index >= 15 is 0 Å². The van der Waals surface area contributed by atoms with Crippen LogP contribution in [0.5, 0.6) is 5.75 Å². The normalized spacial score (nSPS) is 12.6. The summed E-state index contributed by atoms with van der Waals surface area (Å²) in [5.74, 6) is 0.906. The standard InChI is InChI=1S/C11H17NO/c1-4-13-11-6-5-8(2)7-10(11)9(3)12/h5-7,9H,4,12H2,1-3H3/t9-/m0/s1. The van der Waals surface area contributed by atoms with E-state index in [0.717, 1.165) is 11.3 Å². The van der Waals surface area contributed by atoms with Crippen LogP contribution >= 0.6 is 0 Å². The van der Waals surface area contributed by atoms with Crippen LogP contribution in [0.1, 0.15) is 31.0 Å². The largest absolute Gasteiger partial charge is 0.494 e. The highest BCUT2D eigenvalue weighted by Gasteiger charge is 2.07. The van der Waals surface area contributed by atoms with Crippen molar-refractivity contribution in [3.8, 4) is 5.75 Å². The first-order valence-electron chi connectivity index (χ1n) is 4.64. The Morgan fingerprint density at radius 2 is 2.15 bits per heavy atom. The molecule has 0 heterocycles. The topological polar surface area (TPSA) is 35.2 Å². The van der Waals surface area contributed by atoms with Gasteiger partial charge in [-0.3, -0.25) is 0 Å². The molecule has 0 aliphatic heterocycles. The highest BCUT2D eigenvalue weighted by Crippen LogP contribution is 2.24. The number of hydrogen-bond acceptors (Lipinski definition) is 2. The zero-order chi connectivity index (χ0) is 9.84. The van der Waals surface area contributed by atoms with Crippen LogP contribution in [0.2, 0.25) is 0 Å².